The molecule has 1 unspecified atom stereocenters. The molecule has 0 bridgehead atoms. The molecule has 158 valence electrons. The topological polar surface area (TPSA) is 90.5 Å². The Morgan fingerprint density at radius 2 is 1.83 bits per heavy atom. The molecule has 2 amide bonds. The van der Waals surface area contributed by atoms with E-state index in [2.05, 4.69) is 20.6 Å². The van der Waals surface area contributed by atoms with E-state index in [0.29, 0.717) is 35.3 Å². The second-order valence-corrected chi connectivity index (χ2v) is 7.41. The van der Waals surface area contributed by atoms with Crippen molar-refractivity contribution in [2.75, 3.05) is 35.7 Å². The fourth-order valence-corrected chi connectivity index (χ4v) is 3.39. The number of hydrogen-bond acceptors (Lipinski definition) is 6. The summed E-state index contributed by atoms with van der Waals surface area (Å²) in [5.41, 5.74) is 0.896. The number of likely N-dealkylation sites (N-methyl/N-ethyl adjacent to an activating group) is 1. The van der Waals surface area contributed by atoms with Gasteiger partial charge in [-0.1, -0.05) is 0 Å². The zero-order valence-corrected chi connectivity index (χ0v) is 16.5. The maximum absolute atomic E-state index is 13.4. The number of halogens is 3. The summed E-state index contributed by atoms with van der Waals surface area (Å²) in [6, 6.07) is 0.821. The van der Waals surface area contributed by atoms with Crippen molar-refractivity contribution < 1.29 is 22.8 Å². The van der Waals surface area contributed by atoms with Crippen LogP contribution in [0.15, 0.2) is 12.1 Å². The monoisotopic (exact) mass is 420 g/mol. The molecule has 8 nitrogen and oxygen atoms in total. The summed E-state index contributed by atoms with van der Waals surface area (Å²) in [6.07, 6.45) is 0. The van der Waals surface area contributed by atoms with Gasteiger partial charge in [0.05, 0.1) is 11.7 Å². The van der Waals surface area contributed by atoms with Crippen molar-refractivity contribution in [1.82, 2.24) is 14.9 Å². The van der Waals surface area contributed by atoms with E-state index >= 15 is 0 Å². The van der Waals surface area contributed by atoms with Gasteiger partial charge in [-0.3, -0.25) is 9.59 Å². The number of fused-ring (bicyclic) bond motifs is 1. The number of aromatic nitrogens is 2. The Labute approximate surface area is 170 Å². The highest BCUT2D eigenvalue weighted by atomic mass is 19.2. The summed E-state index contributed by atoms with van der Waals surface area (Å²) in [5.74, 6) is -4.22. The standard InChI is InChI=1S/C19H19F3N6O2/c1-8-15-16(27(3)9(2)17(29)25-15)26-19(23-8)24-11-6-28(7-11)18(30)10-4-12(20)14(22)13(21)5-10/h4-5,9,11H,6-7H2,1-3H3,(H,25,29)(H,23,24,26). The number of aryl methyl sites for hydroxylation is 1. The third-order valence-electron chi connectivity index (χ3n) is 5.35. The van der Waals surface area contributed by atoms with E-state index in [-0.39, 0.29) is 36.6 Å². The van der Waals surface area contributed by atoms with Crippen LogP contribution in [0, 0.1) is 24.4 Å². The fraction of sp³-hybridized carbons (Fsp3) is 0.368. The van der Waals surface area contributed by atoms with Crippen LogP contribution in [-0.2, 0) is 4.79 Å². The van der Waals surface area contributed by atoms with Crippen LogP contribution in [-0.4, -0.2) is 58.9 Å². The largest absolute Gasteiger partial charge is 0.348 e. The average Bonchev–Trinajstić information content (AvgIpc) is 2.67. The number of likely N-dealkylation sites (tertiary alicyclic amines) is 1. The smallest absolute Gasteiger partial charge is 0.254 e. The lowest BCUT2D eigenvalue weighted by atomic mass is 10.1. The summed E-state index contributed by atoms with van der Waals surface area (Å²) in [7, 11) is 1.77. The molecule has 3 heterocycles. The summed E-state index contributed by atoms with van der Waals surface area (Å²) in [5, 5.41) is 5.92. The molecule has 2 aliphatic heterocycles. The number of carbonyl (C=O) groups excluding carboxylic acids is 2. The predicted octanol–water partition coefficient (Wildman–Crippen LogP) is 1.92. The molecule has 11 heteroatoms. The molecule has 2 N–H and O–H groups in total. The normalized spacial score (nSPS) is 18.6. The molecule has 0 spiro atoms. The number of nitrogens with one attached hydrogen (secondary N) is 2. The lowest BCUT2D eigenvalue weighted by Crippen LogP contribution is -2.57. The Kier molecular flexibility index (Phi) is 4.75. The van der Waals surface area contributed by atoms with Gasteiger partial charge in [0.1, 0.15) is 11.7 Å². The summed E-state index contributed by atoms with van der Waals surface area (Å²) in [6.45, 7) is 4.05. The second-order valence-electron chi connectivity index (χ2n) is 7.41. The SMILES string of the molecule is Cc1nc(NC2CN(C(=O)c3cc(F)c(F)c(F)c3)C2)nc2c1NC(=O)C(C)N2C. The Morgan fingerprint density at radius 3 is 2.47 bits per heavy atom. The van der Waals surface area contributed by atoms with Crippen molar-refractivity contribution in [3.05, 3.63) is 40.8 Å². The molecule has 1 fully saturated rings. The first-order valence-electron chi connectivity index (χ1n) is 9.28. The van der Waals surface area contributed by atoms with Gasteiger partial charge in [-0.05, 0) is 26.0 Å². The number of benzene rings is 1. The molecular weight excluding hydrogens is 401 g/mol. The lowest BCUT2D eigenvalue weighted by Gasteiger charge is -2.40. The maximum Gasteiger partial charge on any atom is 0.254 e. The fourth-order valence-electron chi connectivity index (χ4n) is 3.39. The molecule has 0 saturated carbocycles. The Balaban J connectivity index is 1.44. The van der Waals surface area contributed by atoms with E-state index in [0.717, 1.165) is 0 Å². The molecule has 30 heavy (non-hydrogen) atoms. The van der Waals surface area contributed by atoms with Crippen molar-refractivity contribution in [3.8, 4) is 0 Å². The van der Waals surface area contributed by atoms with Crippen molar-refractivity contribution in [2.45, 2.75) is 25.9 Å². The van der Waals surface area contributed by atoms with Gasteiger partial charge in [-0.15, -0.1) is 0 Å². The van der Waals surface area contributed by atoms with Crippen molar-refractivity contribution in [1.29, 1.82) is 0 Å². The third-order valence-corrected chi connectivity index (χ3v) is 5.35. The number of nitrogens with zero attached hydrogens (tertiary/aromatic N) is 4. The zero-order chi connectivity index (χ0) is 21.7. The molecule has 1 aromatic heterocycles. The molecule has 1 saturated heterocycles. The maximum atomic E-state index is 13.4. The van der Waals surface area contributed by atoms with Gasteiger partial charge in [0.2, 0.25) is 11.9 Å². The van der Waals surface area contributed by atoms with Gasteiger partial charge in [0, 0.05) is 25.7 Å². The van der Waals surface area contributed by atoms with Crippen LogP contribution >= 0.6 is 0 Å². The minimum absolute atomic E-state index is 0.140. The number of hydrogen-bond donors (Lipinski definition) is 2. The van der Waals surface area contributed by atoms with Crippen molar-refractivity contribution in [2.24, 2.45) is 0 Å². The van der Waals surface area contributed by atoms with Crippen LogP contribution < -0.4 is 15.5 Å². The molecule has 0 radical (unpaired) electrons. The van der Waals surface area contributed by atoms with Crippen LogP contribution in [0.25, 0.3) is 0 Å². The van der Waals surface area contributed by atoms with E-state index in [1.165, 1.54) is 4.90 Å². The number of amides is 2. The highest BCUT2D eigenvalue weighted by molar-refractivity contribution is 6.03. The zero-order valence-electron chi connectivity index (χ0n) is 16.5. The molecule has 2 aliphatic rings. The Bertz CT molecular complexity index is 1030. The van der Waals surface area contributed by atoms with Gasteiger partial charge in [0.15, 0.2) is 23.3 Å². The van der Waals surface area contributed by atoms with Crippen LogP contribution in [0.4, 0.5) is 30.6 Å². The predicted molar refractivity (Wildman–Crippen MR) is 103 cm³/mol. The molecule has 2 aromatic rings. The minimum atomic E-state index is -1.61. The van der Waals surface area contributed by atoms with E-state index in [4.69, 9.17) is 0 Å². The lowest BCUT2D eigenvalue weighted by molar-refractivity contribution is -0.117. The van der Waals surface area contributed by atoms with Crippen molar-refractivity contribution >= 4 is 29.3 Å². The number of carbonyl (C=O) groups is 2. The summed E-state index contributed by atoms with van der Waals surface area (Å²) >= 11 is 0. The highest BCUT2D eigenvalue weighted by Crippen LogP contribution is 2.32. The van der Waals surface area contributed by atoms with Gasteiger partial charge in [0.25, 0.3) is 5.91 Å². The van der Waals surface area contributed by atoms with Gasteiger partial charge >= 0.3 is 0 Å². The quantitative estimate of drug-likeness (QED) is 0.738. The Hall–Kier alpha value is -3.37. The first kappa shape index (κ1) is 19.9. The molecule has 1 aromatic carbocycles. The molecule has 4 rings (SSSR count). The van der Waals surface area contributed by atoms with E-state index in [1.54, 1.807) is 25.8 Å². The molecule has 0 aliphatic carbocycles. The van der Waals surface area contributed by atoms with E-state index in [9.17, 15) is 22.8 Å². The minimum Gasteiger partial charge on any atom is -0.348 e. The number of anilines is 3. The second kappa shape index (κ2) is 7.15. The van der Waals surface area contributed by atoms with Gasteiger partial charge in [-0.25, -0.2) is 18.2 Å². The third kappa shape index (κ3) is 3.29. The van der Waals surface area contributed by atoms with Crippen LogP contribution in [0.5, 0.6) is 0 Å². The van der Waals surface area contributed by atoms with E-state index in [1.807, 2.05) is 0 Å². The number of rotatable bonds is 3. The van der Waals surface area contributed by atoms with Crippen LogP contribution in [0.1, 0.15) is 23.0 Å². The molecule has 1 atom stereocenters. The average molecular weight is 420 g/mol. The van der Waals surface area contributed by atoms with Gasteiger partial charge < -0.3 is 20.4 Å². The van der Waals surface area contributed by atoms with Gasteiger partial charge in [-0.2, -0.15) is 4.98 Å². The Morgan fingerprint density at radius 1 is 1.20 bits per heavy atom. The summed E-state index contributed by atoms with van der Waals surface area (Å²) < 4.78 is 39.8. The summed E-state index contributed by atoms with van der Waals surface area (Å²) in [4.78, 5) is 36.3. The first-order valence-corrected chi connectivity index (χ1v) is 9.28. The highest BCUT2D eigenvalue weighted by Gasteiger charge is 2.34. The van der Waals surface area contributed by atoms with E-state index < -0.39 is 23.4 Å². The van der Waals surface area contributed by atoms with Crippen molar-refractivity contribution in [3.63, 3.8) is 0 Å². The molecular formula is C19H19F3N6O2. The van der Waals surface area contributed by atoms with Crippen LogP contribution in [0.2, 0.25) is 0 Å². The van der Waals surface area contributed by atoms with Crippen LogP contribution in [0.3, 0.4) is 0 Å². The first-order chi connectivity index (χ1) is 14.2.